The summed E-state index contributed by atoms with van der Waals surface area (Å²) in [4.78, 5) is 0. The van der Waals surface area contributed by atoms with Gasteiger partial charge in [-0.2, -0.15) is 0 Å². The first-order chi connectivity index (χ1) is 6.16. The molecule has 3 N–H and O–H groups in total. The lowest BCUT2D eigenvalue weighted by atomic mass is 10.0. The molecule has 72 valence electrons. The monoisotopic (exact) mass is 243 g/mol. The summed E-state index contributed by atoms with van der Waals surface area (Å²) in [5, 5.41) is 9.58. The predicted molar refractivity (Wildman–Crippen MR) is 57.6 cm³/mol. The first-order valence-electron chi connectivity index (χ1n) is 4.39. The van der Waals surface area contributed by atoms with E-state index in [-0.39, 0.29) is 11.8 Å². The van der Waals surface area contributed by atoms with Crippen molar-refractivity contribution in [1.29, 1.82) is 0 Å². The van der Waals surface area contributed by atoms with Crippen LogP contribution in [0, 0.1) is 0 Å². The second-order valence-electron chi connectivity index (χ2n) is 3.07. The third-order valence-electron chi connectivity index (χ3n) is 2.00. The zero-order valence-corrected chi connectivity index (χ0v) is 9.21. The molecular formula is C10H14BrNO. The minimum absolute atomic E-state index is 0.0828. The van der Waals surface area contributed by atoms with E-state index < -0.39 is 0 Å². The molecule has 0 saturated heterocycles. The Morgan fingerprint density at radius 2 is 2.23 bits per heavy atom. The van der Waals surface area contributed by atoms with Gasteiger partial charge in [0.15, 0.2) is 0 Å². The van der Waals surface area contributed by atoms with Crippen molar-refractivity contribution in [2.45, 2.75) is 25.8 Å². The Balaban J connectivity index is 2.98. The largest absolute Gasteiger partial charge is 0.508 e. The van der Waals surface area contributed by atoms with Gasteiger partial charge in [-0.05, 0) is 18.6 Å². The highest BCUT2D eigenvalue weighted by atomic mass is 79.9. The molecule has 13 heavy (non-hydrogen) atoms. The Morgan fingerprint density at radius 3 is 2.77 bits per heavy atom. The summed E-state index contributed by atoms with van der Waals surface area (Å²) in [7, 11) is 0. The molecule has 0 fully saturated rings. The number of benzene rings is 1. The van der Waals surface area contributed by atoms with Gasteiger partial charge in [0, 0.05) is 16.1 Å². The van der Waals surface area contributed by atoms with Gasteiger partial charge in [0.1, 0.15) is 5.75 Å². The maximum absolute atomic E-state index is 9.58. The van der Waals surface area contributed by atoms with Gasteiger partial charge in [-0.25, -0.2) is 0 Å². The van der Waals surface area contributed by atoms with Gasteiger partial charge in [-0.3, -0.25) is 0 Å². The van der Waals surface area contributed by atoms with Crippen molar-refractivity contribution in [3.63, 3.8) is 0 Å². The lowest BCUT2D eigenvalue weighted by Crippen LogP contribution is -2.10. The van der Waals surface area contributed by atoms with Crippen LogP contribution < -0.4 is 5.73 Å². The van der Waals surface area contributed by atoms with Crippen LogP contribution >= 0.6 is 15.9 Å². The lowest BCUT2D eigenvalue weighted by molar-refractivity contribution is 0.457. The Bertz CT molecular complexity index is 268. The van der Waals surface area contributed by atoms with Gasteiger partial charge in [0.25, 0.3) is 0 Å². The van der Waals surface area contributed by atoms with E-state index in [1.54, 1.807) is 12.1 Å². The van der Waals surface area contributed by atoms with Gasteiger partial charge in [0.2, 0.25) is 0 Å². The SMILES string of the molecule is CCCC(N)c1c(O)cccc1Br. The molecule has 0 aromatic heterocycles. The topological polar surface area (TPSA) is 46.2 Å². The molecule has 3 heteroatoms. The van der Waals surface area contributed by atoms with Crippen molar-refractivity contribution in [3.8, 4) is 5.75 Å². The first kappa shape index (κ1) is 10.5. The number of phenolic OH excluding ortho intramolecular Hbond substituents is 1. The summed E-state index contributed by atoms with van der Waals surface area (Å²) in [6.45, 7) is 2.08. The molecule has 2 nitrogen and oxygen atoms in total. The molecule has 1 aromatic rings. The predicted octanol–water partition coefficient (Wildman–Crippen LogP) is 2.95. The van der Waals surface area contributed by atoms with E-state index in [0.717, 1.165) is 22.9 Å². The summed E-state index contributed by atoms with van der Waals surface area (Å²) in [5.41, 5.74) is 6.73. The van der Waals surface area contributed by atoms with Crippen molar-refractivity contribution >= 4 is 15.9 Å². The Labute approximate surface area is 86.9 Å². The van der Waals surface area contributed by atoms with Gasteiger partial charge in [-0.15, -0.1) is 0 Å². The van der Waals surface area contributed by atoms with Crippen LogP contribution in [-0.4, -0.2) is 5.11 Å². The van der Waals surface area contributed by atoms with Crippen LogP contribution in [0.2, 0.25) is 0 Å². The summed E-state index contributed by atoms with van der Waals surface area (Å²) in [5.74, 6) is 0.273. The summed E-state index contributed by atoms with van der Waals surface area (Å²) < 4.78 is 0.883. The lowest BCUT2D eigenvalue weighted by Gasteiger charge is -2.14. The Kier molecular flexibility index (Phi) is 3.75. The second kappa shape index (κ2) is 4.63. The minimum Gasteiger partial charge on any atom is -0.508 e. The Hall–Kier alpha value is -0.540. The van der Waals surface area contributed by atoms with Crippen LogP contribution in [0.3, 0.4) is 0 Å². The molecule has 0 radical (unpaired) electrons. The van der Waals surface area contributed by atoms with Gasteiger partial charge in [0.05, 0.1) is 0 Å². The molecule has 0 spiro atoms. The zero-order valence-electron chi connectivity index (χ0n) is 7.63. The van der Waals surface area contributed by atoms with Crippen LogP contribution in [0.25, 0.3) is 0 Å². The van der Waals surface area contributed by atoms with Crippen molar-refractivity contribution in [3.05, 3.63) is 28.2 Å². The van der Waals surface area contributed by atoms with E-state index in [1.165, 1.54) is 0 Å². The van der Waals surface area contributed by atoms with E-state index in [2.05, 4.69) is 22.9 Å². The molecule has 0 aliphatic carbocycles. The summed E-state index contributed by atoms with van der Waals surface area (Å²) in [6, 6.07) is 5.27. The molecule has 0 saturated carbocycles. The van der Waals surface area contributed by atoms with E-state index >= 15 is 0 Å². The molecule has 1 atom stereocenters. The molecule has 0 aliphatic heterocycles. The maximum Gasteiger partial charge on any atom is 0.121 e. The van der Waals surface area contributed by atoms with Crippen molar-refractivity contribution in [1.82, 2.24) is 0 Å². The summed E-state index contributed by atoms with van der Waals surface area (Å²) >= 11 is 3.38. The Morgan fingerprint density at radius 1 is 1.54 bits per heavy atom. The highest BCUT2D eigenvalue weighted by molar-refractivity contribution is 9.10. The van der Waals surface area contributed by atoms with E-state index in [4.69, 9.17) is 5.73 Å². The number of phenols is 1. The van der Waals surface area contributed by atoms with Crippen LogP contribution in [0.5, 0.6) is 5.75 Å². The number of nitrogens with two attached hydrogens (primary N) is 1. The first-order valence-corrected chi connectivity index (χ1v) is 5.19. The minimum atomic E-state index is -0.0828. The van der Waals surface area contributed by atoms with Crippen LogP contribution in [0.1, 0.15) is 31.4 Å². The second-order valence-corrected chi connectivity index (χ2v) is 3.92. The third kappa shape index (κ3) is 2.45. The zero-order chi connectivity index (χ0) is 9.84. The third-order valence-corrected chi connectivity index (χ3v) is 2.69. The van der Waals surface area contributed by atoms with Gasteiger partial charge >= 0.3 is 0 Å². The van der Waals surface area contributed by atoms with Crippen molar-refractivity contribution < 1.29 is 5.11 Å². The van der Waals surface area contributed by atoms with Crippen molar-refractivity contribution in [2.24, 2.45) is 5.73 Å². The average Bonchev–Trinajstić information content (AvgIpc) is 2.04. The fourth-order valence-corrected chi connectivity index (χ4v) is 2.00. The molecule has 0 bridgehead atoms. The van der Waals surface area contributed by atoms with Gasteiger partial charge < -0.3 is 10.8 Å². The van der Waals surface area contributed by atoms with E-state index in [9.17, 15) is 5.11 Å². The number of hydrogen-bond acceptors (Lipinski definition) is 2. The fourth-order valence-electron chi connectivity index (χ4n) is 1.35. The molecule has 0 heterocycles. The normalized spacial score (nSPS) is 12.8. The van der Waals surface area contributed by atoms with E-state index in [1.807, 2.05) is 6.07 Å². The molecular weight excluding hydrogens is 230 g/mol. The number of rotatable bonds is 3. The highest BCUT2D eigenvalue weighted by Crippen LogP contribution is 2.32. The molecule has 0 aliphatic rings. The number of hydrogen-bond donors (Lipinski definition) is 2. The fraction of sp³-hybridized carbons (Fsp3) is 0.400. The molecule has 1 aromatic carbocycles. The van der Waals surface area contributed by atoms with Crippen LogP contribution in [0.4, 0.5) is 0 Å². The van der Waals surface area contributed by atoms with Crippen LogP contribution in [-0.2, 0) is 0 Å². The number of halogens is 1. The quantitative estimate of drug-likeness (QED) is 0.858. The molecule has 1 rings (SSSR count). The standard InChI is InChI=1S/C10H14BrNO/c1-2-4-8(12)10-7(11)5-3-6-9(10)13/h3,5-6,8,13H,2,4,12H2,1H3. The van der Waals surface area contributed by atoms with Crippen molar-refractivity contribution in [2.75, 3.05) is 0 Å². The smallest absolute Gasteiger partial charge is 0.121 e. The molecule has 1 unspecified atom stereocenters. The maximum atomic E-state index is 9.58. The van der Waals surface area contributed by atoms with Gasteiger partial charge in [-0.1, -0.05) is 35.3 Å². The number of aromatic hydroxyl groups is 1. The molecule has 0 amide bonds. The van der Waals surface area contributed by atoms with Crippen LogP contribution in [0.15, 0.2) is 22.7 Å². The van der Waals surface area contributed by atoms with E-state index in [0.29, 0.717) is 0 Å². The summed E-state index contributed by atoms with van der Waals surface area (Å²) in [6.07, 6.45) is 1.90. The highest BCUT2D eigenvalue weighted by Gasteiger charge is 2.12. The average molecular weight is 244 g/mol.